The summed E-state index contributed by atoms with van der Waals surface area (Å²) in [6.07, 6.45) is -10.3. The fourth-order valence-electron chi connectivity index (χ4n) is 3.55. The highest BCUT2D eigenvalue weighted by molar-refractivity contribution is 5.51. The smallest absolute Gasteiger partial charge is 0.457 e. The maximum atomic E-state index is 12.6. The molecule has 0 heterocycles. The molecule has 40 heavy (non-hydrogen) atoms. The van der Waals surface area contributed by atoms with E-state index in [1.54, 1.807) is 12.1 Å². The molecule has 0 aromatic heterocycles. The molecule has 0 radical (unpaired) electrons. The molecule has 0 spiro atoms. The first-order chi connectivity index (χ1) is 18.8. The Balaban J connectivity index is 0.000000285. The van der Waals surface area contributed by atoms with Gasteiger partial charge in [0.1, 0.15) is 23.4 Å². The number of anilines is 1. The van der Waals surface area contributed by atoms with Gasteiger partial charge in [0.2, 0.25) is 0 Å². The van der Waals surface area contributed by atoms with Gasteiger partial charge in [-0.2, -0.15) is 13.2 Å². The van der Waals surface area contributed by atoms with Gasteiger partial charge in [-0.3, -0.25) is 0 Å². The van der Waals surface area contributed by atoms with E-state index >= 15 is 0 Å². The first-order valence-electron chi connectivity index (χ1n) is 12.0. The van der Waals surface area contributed by atoms with Gasteiger partial charge < -0.3 is 14.4 Å². The lowest BCUT2D eigenvalue weighted by atomic mass is 10.1. The first kappa shape index (κ1) is 30.3. The SMILES string of the molecule is CC(F)c1ccc(C(F)(F)F)cc1.CN(Cc1cccc(OC(F)(F)F)c1)c1cccc(Oc2ccccc2)c1. The van der Waals surface area contributed by atoms with Gasteiger partial charge in [0.25, 0.3) is 0 Å². The van der Waals surface area contributed by atoms with Crippen molar-refractivity contribution in [3.63, 3.8) is 0 Å². The van der Waals surface area contributed by atoms with Crippen molar-refractivity contribution in [3.8, 4) is 17.2 Å². The number of ether oxygens (including phenoxy) is 2. The third-order valence-corrected chi connectivity index (χ3v) is 5.49. The number of nitrogens with zero attached hydrogens (tertiary/aromatic N) is 1. The summed E-state index contributed by atoms with van der Waals surface area (Å²) in [4.78, 5) is 1.92. The van der Waals surface area contributed by atoms with Crippen LogP contribution in [0.5, 0.6) is 17.2 Å². The lowest BCUT2D eigenvalue weighted by molar-refractivity contribution is -0.274. The Morgan fingerprint density at radius 1 is 0.700 bits per heavy atom. The molecule has 0 aliphatic carbocycles. The maximum absolute atomic E-state index is 12.6. The fourth-order valence-corrected chi connectivity index (χ4v) is 3.55. The number of rotatable bonds is 7. The predicted octanol–water partition coefficient (Wildman–Crippen LogP) is 9.75. The Bertz CT molecular complexity index is 1340. The van der Waals surface area contributed by atoms with Crippen molar-refractivity contribution >= 4 is 5.69 Å². The minimum Gasteiger partial charge on any atom is -0.457 e. The number of para-hydroxylation sites is 1. The standard InChI is InChI=1S/C21H18F3NO2.C9H8F4/c1-25(15-16-7-5-12-20(13-16)27-21(22,23)24)17-8-6-11-19(14-17)26-18-9-3-2-4-10-18;1-6(10)7-2-4-8(5-3-7)9(11,12)13/h2-14H,15H2,1H3;2-6H,1H3. The van der Waals surface area contributed by atoms with E-state index in [9.17, 15) is 30.7 Å². The number of alkyl halides is 7. The summed E-state index contributed by atoms with van der Waals surface area (Å²) in [7, 11) is 1.86. The molecular weight excluding hydrogens is 539 g/mol. The second-order valence-corrected chi connectivity index (χ2v) is 8.70. The minimum absolute atomic E-state index is 0.227. The summed E-state index contributed by atoms with van der Waals surface area (Å²) < 4.78 is 95.6. The maximum Gasteiger partial charge on any atom is 0.573 e. The topological polar surface area (TPSA) is 21.7 Å². The zero-order chi connectivity index (χ0) is 29.3. The second kappa shape index (κ2) is 13.2. The van der Waals surface area contributed by atoms with Crippen LogP contribution in [-0.4, -0.2) is 13.4 Å². The summed E-state index contributed by atoms with van der Waals surface area (Å²) in [5.74, 6) is 1.18. The molecule has 4 rings (SSSR count). The summed E-state index contributed by atoms with van der Waals surface area (Å²) in [6.45, 7) is 1.70. The summed E-state index contributed by atoms with van der Waals surface area (Å²) >= 11 is 0. The molecule has 0 amide bonds. The third-order valence-electron chi connectivity index (χ3n) is 5.49. The highest BCUT2D eigenvalue weighted by Crippen LogP contribution is 2.30. The molecule has 4 aromatic carbocycles. The normalized spacial score (nSPS) is 12.1. The van der Waals surface area contributed by atoms with E-state index in [0.29, 0.717) is 17.9 Å². The van der Waals surface area contributed by atoms with Gasteiger partial charge in [-0.1, -0.05) is 48.5 Å². The Labute approximate surface area is 227 Å². The van der Waals surface area contributed by atoms with Crippen molar-refractivity contribution in [2.45, 2.75) is 32.2 Å². The lowest BCUT2D eigenvalue weighted by Crippen LogP contribution is -2.18. The minimum atomic E-state index is -4.70. The van der Waals surface area contributed by atoms with Crippen molar-refractivity contribution in [2.24, 2.45) is 0 Å². The molecule has 0 saturated carbocycles. The van der Waals surface area contributed by atoms with Crippen molar-refractivity contribution in [1.29, 1.82) is 0 Å². The molecule has 1 unspecified atom stereocenters. The molecule has 0 aliphatic rings. The molecule has 4 aromatic rings. The Kier molecular flexibility index (Phi) is 10.0. The van der Waals surface area contributed by atoms with Crippen LogP contribution in [0.4, 0.5) is 36.4 Å². The number of hydrogen-bond acceptors (Lipinski definition) is 3. The zero-order valence-corrected chi connectivity index (χ0v) is 21.5. The van der Waals surface area contributed by atoms with Gasteiger partial charge in [0, 0.05) is 25.3 Å². The third kappa shape index (κ3) is 9.83. The van der Waals surface area contributed by atoms with Gasteiger partial charge in [-0.05, 0) is 66.6 Å². The van der Waals surface area contributed by atoms with Crippen molar-refractivity contribution in [2.75, 3.05) is 11.9 Å². The van der Waals surface area contributed by atoms with Crippen LogP contribution in [0.2, 0.25) is 0 Å². The van der Waals surface area contributed by atoms with Crippen molar-refractivity contribution in [3.05, 3.63) is 120 Å². The highest BCUT2D eigenvalue weighted by atomic mass is 19.4. The van der Waals surface area contributed by atoms with E-state index in [-0.39, 0.29) is 11.3 Å². The average molecular weight is 566 g/mol. The van der Waals surface area contributed by atoms with Crippen LogP contribution >= 0.6 is 0 Å². The van der Waals surface area contributed by atoms with E-state index in [1.807, 2.05) is 66.5 Å². The average Bonchev–Trinajstić information content (AvgIpc) is 2.88. The number of hydrogen-bond donors (Lipinski definition) is 0. The van der Waals surface area contributed by atoms with Gasteiger partial charge in [0.05, 0.1) is 5.56 Å². The monoisotopic (exact) mass is 565 g/mol. The Morgan fingerprint density at radius 3 is 1.90 bits per heavy atom. The molecule has 3 nitrogen and oxygen atoms in total. The summed E-state index contributed by atoms with van der Waals surface area (Å²) in [5.41, 5.74) is 1.09. The van der Waals surface area contributed by atoms with Gasteiger partial charge in [0.15, 0.2) is 0 Å². The van der Waals surface area contributed by atoms with Gasteiger partial charge in [-0.25, -0.2) is 4.39 Å². The van der Waals surface area contributed by atoms with Crippen molar-refractivity contribution < 1.29 is 40.2 Å². The van der Waals surface area contributed by atoms with E-state index in [2.05, 4.69) is 4.74 Å². The summed E-state index contributed by atoms with van der Waals surface area (Å²) in [6, 6.07) is 26.9. The summed E-state index contributed by atoms with van der Waals surface area (Å²) in [5, 5.41) is 0. The van der Waals surface area contributed by atoms with Crippen LogP contribution in [0.1, 0.15) is 29.8 Å². The van der Waals surface area contributed by atoms with E-state index < -0.39 is 24.3 Å². The van der Waals surface area contributed by atoms with E-state index in [1.165, 1.54) is 19.1 Å². The van der Waals surface area contributed by atoms with Gasteiger partial charge in [-0.15, -0.1) is 13.2 Å². The molecule has 0 N–H and O–H groups in total. The molecule has 0 saturated heterocycles. The largest absolute Gasteiger partial charge is 0.573 e. The fraction of sp³-hybridized carbons (Fsp3) is 0.200. The molecule has 0 fully saturated rings. The van der Waals surface area contributed by atoms with Crippen LogP contribution in [0, 0.1) is 0 Å². The Morgan fingerprint density at radius 2 is 1.30 bits per heavy atom. The highest BCUT2D eigenvalue weighted by Gasteiger charge is 2.31. The molecular formula is C30H26F7NO2. The van der Waals surface area contributed by atoms with Crippen LogP contribution in [0.3, 0.4) is 0 Å². The molecule has 0 bridgehead atoms. The van der Waals surface area contributed by atoms with Gasteiger partial charge >= 0.3 is 12.5 Å². The zero-order valence-electron chi connectivity index (χ0n) is 21.5. The molecule has 0 aliphatic heterocycles. The van der Waals surface area contributed by atoms with Crippen molar-refractivity contribution in [1.82, 2.24) is 0 Å². The number of benzene rings is 4. The van der Waals surface area contributed by atoms with E-state index in [4.69, 9.17) is 4.74 Å². The predicted molar refractivity (Wildman–Crippen MR) is 139 cm³/mol. The Hall–Kier alpha value is -4.21. The molecule has 1 atom stereocenters. The van der Waals surface area contributed by atoms with Crippen LogP contribution in [0.25, 0.3) is 0 Å². The molecule has 212 valence electrons. The van der Waals surface area contributed by atoms with E-state index in [0.717, 1.165) is 35.7 Å². The second-order valence-electron chi connectivity index (χ2n) is 8.70. The molecule has 10 heteroatoms. The lowest BCUT2D eigenvalue weighted by Gasteiger charge is -2.20. The first-order valence-corrected chi connectivity index (χ1v) is 12.0. The van der Waals surface area contributed by atoms with Crippen LogP contribution < -0.4 is 14.4 Å². The number of halogens is 7. The van der Waals surface area contributed by atoms with Crippen LogP contribution in [-0.2, 0) is 12.7 Å². The van der Waals surface area contributed by atoms with Crippen LogP contribution in [0.15, 0.2) is 103 Å². The quantitative estimate of drug-likeness (QED) is 0.208.